The average molecular weight is 828 g/mol. The molecule has 0 heterocycles. The monoisotopic (exact) mass is 827 g/mol. The van der Waals surface area contributed by atoms with Crippen molar-refractivity contribution in [2.45, 2.75) is 111 Å². The summed E-state index contributed by atoms with van der Waals surface area (Å²) in [7, 11) is -3.94. The summed E-state index contributed by atoms with van der Waals surface area (Å²) in [5, 5.41) is 18.6. The van der Waals surface area contributed by atoms with E-state index in [2.05, 4.69) is 0 Å². The van der Waals surface area contributed by atoms with E-state index < -0.39 is 105 Å². The lowest BCUT2D eigenvalue weighted by Crippen LogP contribution is -2.74. The highest BCUT2D eigenvalue weighted by atomic mass is 28.4. The molecule has 0 aliphatic carbocycles. The van der Waals surface area contributed by atoms with Crippen LogP contribution in [0, 0.1) is 0 Å². The summed E-state index contributed by atoms with van der Waals surface area (Å²) >= 11 is 0. The van der Waals surface area contributed by atoms with Gasteiger partial charge in [-0.1, -0.05) is 45.9 Å². The molecule has 0 aliphatic rings. The van der Waals surface area contributed by atoms with Gasteiger partial charge in [0, 0.05) is 12.5 Å². The van der Waals surface area contributed by atoms with Crippen molar-refractivity contribution >= 4 is 14.2 Å². The Hall–Kier alpha value is -2.86. The van der Waals surface area contributed by atoms with Crippen molar-refractivity contribution in [3.63, 3.8) is 0 Å². The third-order valence-corrected chi connectivity index (χ3v) is 14.0. The summed E-state index contributed by atoms with van der Waals surface area (Å²) in [5.41, 5.74) is -0.0431. The Morgan fingerprint density at radius 1 is 0.717 bits per heavy atom. The molecule has 3 N–H and O–H groups in total. The topological polar surface area (TPSA) is 88.0 Å². The zero-order chi connectivity index (χ0) is 41.9. The number of hydroxylamine groups is 1. The fraction of sp³-hybridized carbons (Fsp3) is 0.690. The Morgan fingerprint density at radius 3 is 1.57 bits per heavy atom. The lowest BCUT2D eigenvalue weighted by Gasteiger charge is -2.44. The molecule has 1 aromatic carbocycles. The van der Waals surface area contributed by atoms with Crippen molar-refractivity contribution < 1.29 is 98.9 Å². The van der Waals surface area contributed by atoms with Crippen molar-refractivity contribution in [3.05, 3.63) is 42.0 Å². The van der Waals surface area contributed by atoms with Crippen molar-refractivity contribution in [2.75, 3.05) is 13.2 Å². The molecular formula is C29H34F17NO5Si. The van der Waals surface area contributed by atoms with Crippen LogP contribution in [0.15, 0.2) is 36.4 Å². The number of aliphatic hydroxyl groups is 1. The number of amides is 1. The first-order valence-corrected chi connectivity index (χ1v) is 17.3. The van der Waals surface area contributed by atoms with Crippen LogP contribution >= 0.6 is 0 Å². The molecule has 1 amide bonds. The van der Waals surface area contributed by atoms with Gasteiger partial charge in [-0.25, -0.2) is 5.48 Å². The van der Waals surface area contributed by atoms with Crippen LogP contribution in [0.2, 0.25) is 17.1 Å². The van der Waals surface area contributed by atoms with Gasteiger partial charge < -0.3 is 14.3 Å². The van der Waals surface area contributed by atoms with E-state index in [1.807, 2.05) is 0 Å². The first-order valence-electron chi connectivity index (χ1n) is 15.0. The Morgan fingerprint density at radius 2 is 1.15 bits per heavy atom. The van der Waals surface area contributed by atoms with E-state index in [0.29, 0.717) is 5.56 Å². The summed E-state index contributed by atoms with van der Waals surface area (Å²) in [6.45, 7) is 4.35. The number of aliphatic hydroxyl groups excluding tert-OH is 1. The molecule has 0 radical (unpaired) electrons. The number of benzene rings is 1. The highest BCUT2D eigenvalue weighted by Crippen LogP contribution is 2.64. The number of hydrogen-bond acceptors (Lipinski definition) is 5. The summed E-state index contributed by atoms with van der Waals surface area (Å²) in [6.07, 6.45) is -9.33. The highest BCUT2D eigenvalue weighted by Gasteiger charge is 2.95. The Labute approximate surface area is 291 Å². The first-order chi connectivity index (χ1) is 23.7. The van der Waals surface area contributed by atoms with Gasteiger partial charge >= 0.3 is 47.6 Å². The minimum Gasteiger partial charge on any atom is -0.491 e. The number of alkyl halides is 17. The zero-order valence-electron chi connectivity index (χ0n) is 27.8. The van der Waals surface area contributed by atoms with Gasteiger partial charge in [0.2, 0.25) is 0 Å². The lowest BCUT2D eigenvalue weighted by atomic mass is 9.88. The van der Waals surface area contributed by atoms with Crippen LogP contribution < -0.4 is 10.2 Å². The SMILES string of the molecule is CC(C)[Si](CCC(F)(F)C(F)(F)C(F)(F)C(F)(F)C(F)(F)C(F)(F)C(F)(F)C(F)(F)F)(OCCOc1ccc([C@@H](O)C/C=C/C(=O)NO)cc1)C(C)C. The molecule has 308 valence electrons. The van der Waals surface area contributed by atoms with Crippen molar-refractivity contribution in [3.8, 4) is 5.75 Å². The van der Waals surface area contributed by atoms with Crippen molar-refractivity contribution in [1.29, 1.82) is 0 Å². The molecule has 0 fully saturated rings. The lowest BCUT2D eigenvalue weighted by molar-refractivity contribution is -0.461. The Balaban J connectivity index is 3.22. The van der Waals surface area contributed by atoms with E-state index >= 15 is 0 Å². The number of carbonyl (C=O) groups excluding carboxylic acids is 1. The van der Waals surface area contributed by atoms with E-state index in [1.165, 1.54) is 63.5 Å². The van der Waals surface area contributed by atoms with Crippen molar-refractivity contribution in [2.24, 2.45) is 0 Å². The quantitative estimate of drug-likeness (QED) is 0.0305. The van der Waals surface area contributed by atoms with Crippen LogP contribution in [-0.2, 0) is 9.22 Å². The summed E-state index contributed by atoms with van der Waals surface area (Å²) in [5.74, 6) is -57.4. The van der Waals surface area contributed by atoms with Crippen LogP contribution in [0.1, 0.15) is 52.2 Å². The molecule has 0 bridgehead atoms. The Kier molecular flexibility index (Phi) is 15.0. The van der Waals surface area contributed by atoms with Gasteiger partial charge in [-0.05, 0) is 41.2 Å². The van der Waals surface area contributed by atoms with Gasteiger partial charge in [0.15, 0.2) is 8.32 Å². The molecule has 0 aromatic heterocycles. The van der Waals surface area contributed by atoms with Gasteiger partial charge in [0.1, 0.15) is 12.4 Å². The van der Waals surface area contributed by atoms with E-state index in [9.17, 15) is 84.5 Å². The van der Waals surface area contributed by atoms with Gasteiger partial charge in [0.05, 0.1) is 12.7 Å². The predicted molar refractivity (Wildman–Crippen MR) is 153 cm³/mol. The Bertz CT molecular complexity index is 1380. The third-order valence-electron chi connectivity index (χ3n) is 8.30. The summed E-state index contributed by atoms with van der Waals surface area (Å²) in [6, 6.07) is 4.17. The molecule has 53 heavy (non-hydrogen) atoms. The minimum atomic E-state index is -8.68. The van der Waals surface area contributed by atoms with Gasteiger partial charge in [0.25, 0.3) is 5.91 Å². The van der Waals surface area contributed by atoms with Crippen LogP contribution in [0.4, 0.5) is 74.6 Å². The van der Waals surface area contributed by atoms with Crippen LogP contribution in [0.5, 0.6) is 5.75 Å². The fourth-order valence-corrected chi connectivity index (χ4v) is 9.48. The molecule has 0 saturated carbocycles. The maximum Gasteiger partial charge on any atom is 0.460 e. The van der Waals surface area contributed by atoms with E-state index in [0.717, 1.165) is 6.08 Å². The van der Waals surface area contributed by atoms with E-state index in [4.69, 9.17) is 14.4 Å². The molecule has 24 heteroatoms. The van der Waals surface area contributed by atoms with Crippen LogP contribution in [0.3, 0.4) is 0 Å². The molecule has 1 atom stereocenters. The second-order valence-corrected chi connectivity index (χ2v) is 17.3. The molecule has 0 spiro atoms. The normalized spacial score (nSPS) is 15.4. The van der Waals surface area contributed by atoms with Crippen LogP contribution in [0.25, 0.3) is 0 Å². The number of nitrogens with one attached hydrogen (secondary N) is 1. The molecule has 0 aliphatic heterocycles. The second-order valence-electron chi connectivity index (χ2n) is 12.3. The molecule has 0 saturated heterocycles. The van der Waals surface area contributed by atoms with Gasteiger partial charge in [-0.3, -0.25) is 10.0 Å². The molecular weight excluding hydrogens is 793 g/mol. The third kappa shape index (κ3) is 9.17. The predicted octanol–water partition coefficient (Wildman–Crippen LogP) is 9.73. The molecule has 0 unspecified atom stereocenters. The maximum atomic E-state index is 14.8. The largest absolute Gasteiger partial charge is 0.491 e. The highest BCUT2D eigenvalue weighted by molar-refractivity contribution is 6.76. The number of halogens is 17. The molecule has 1 aromatic rings. The smallest absolute Gasteiger partial charge is 0.460 e. The summed E-state index contributed by atoms with van der Waals surface area (Å²) in [4.78, 5) is 11.0. The number of rotatable bonds is 20. The maximum absolute atomic E-state index is 14.8. The van der Waals surface area contributed by atoms with Gasteiger partial charge in [-0.2, -0.15) is 74.6 Å². The van der Waals surface area contributed by atoms with E-state index in [-0.39, 0.29) is 12.2 Å². The van der Waals surface area contributed by atoms with Crippen molar-refractivity contribution in [1.82, 2.24) is 5.48 Å². The van der Waals surface area contributed by atoms with E-state index in [1.54, 1.807) is 0 Å². The number of hydrogen-bond donors (Lipinski definition) is 3. The summed E-state index contributed by atoms with van der Waals surface area (Å²) < 4.78 is 244. The number of ether oxygens (including phenoxy) is 1. The first kappa shape index (κ1) is 48.2. The second kappa shape index (κ2) is 16.5. The van der Waals surface area contributed by atoms with Gasteiger partial charge in [-0.15, -0.1) is 0 Å². The average Bonchev–Trinajstić information content (AvgIpc) is 3.03. The standard InChI is InChI=1S/C29H34F17NO5Si/c1-16(2)53(17(3)4,52-14-13-51-19-10-8-18(9-11-19)20(48)6-5-7-21(49)47-50)15-12-22(30,31)23(32,33)24(34,35)25(36,37)26(38,39)27(40,41)28(42,43)29(44,45)46/h5,7-11,16-17,20,48,50H,6,12-15H2,1-4H3,(H,47,49)/b7-5+/t20-/m0/s1. The fourth-order valence-electron chi connectivity index (χ4n) is 5.01. The van der Waals surface area contributed by atoms with Crippen LogP contribution in [-0.4, -0.2) is 85.4 Å². The number of carbonyl (C=O) groups is 1. The molecule has 1 rings (SSSR count). The zero-order valence-corrected chi connectivity index (χ0v) is 28.8. The molecule has 6 nitrogen and oxygen atoms in total. The minimum absolute atomic E-state index is 0.0487.